The summed E-state index contributed by atoms with van der Waals surface area (Å²) in [6.45, 7) is 1.33. The second kappa shape index (κ2) is 10.2. The zero-order valence-corrected chi connectivity index (χ0v) is 21.0. The number of likely N-dealkylation sites (tertiary alicyclic amines) is 1. The molecule has 1 fully saturated rings. The molecule has 3 heterocycles. The van der Waals surface area contributed by atoms with Crippen molar-refractivity contribution in [3.8, 4) is 0 Å². The summed E-state index contributed by atoms with van der Waals surface area (Å²) in [6.07, 6.45) is 4.57. The average molecular weight is 526 g/mol. The van der Waals surface area contributed by atoms with Crippen LogP contribution in [0.4, 0.5) is 14.5 Å². The Kier molecular flexibility index (Phi) is 6.48. The van der Waals surface area contributed by atoms with Gasteiger partial charge < -0.3 is 14.8 Å². The van der Waals surface area contributed by atoms with Crippen molar-refractivity contribution in [3.05, 3.63) is 102 Å². The van der Waals surface area contributed by atoms with E-state index >= 15 is 0 Å². The third-order valence-corrected chi connectivity index (χ3v) is 7.28. The number of amides is 2. The highest BCUT2D eigenvalue weighted by Gasteiger charge is 2.25. The van der Waals surface area contributed by atoms with Gasteiger partial charge in [-0.2, -0.15) is 0 Å². The number of halogens is 2. The average Bonchev–Trinajstić information content (AvgIpc) is 3.37. The first kappa shape index (κ1) is 24.7. The fourth-order valence-electron chi connectivity index (χ4n) is 5.19. The van der Waals surface area contributed by atoms with Crippen LogP contribution in [0.25, 0.3) is 21.9 Å². The van der Waals surface area contributed by atoms with Gasteiger partial charge in [-0.1, -0.05) is 24.3 Å². The van der Waals surface area contributed by atoms with Crippen LogP contribution < -0.4 is 5.32 Å². The molecule has 7 nitrogen and oxygen atoms in total. The lowest BCUT2D eigenvalue weighted by Gasteiger charge is -2.32. The third-order valence-electron chi connectivity index (χ3n) is 7.28. The van der Waals surface area contributed by atoms with Gasteiger partial charge in [-0.05, 0) is 66.8 Å². The molecule has 0 saturated carbocycles. The van der Waals surface area contributed by atoms with Crippen LogP contribution in [-0.2, 0) is 11.3 Å². The molecule has 0 bridgehead atoms. The van der Waals surface area contributed by atoms with Gasteiger partial charge in [0, 0.05) is 30.4 Å². The van der Waals surface area contributed by atoms with Crippen LogP contribution in [0.5, 0.6) is 0 Å². The van der Waals surface area contributed by atoms with Gasteiger partial charge in [-0.25, -0.2) is 13.8 Å². The monoisotopic (exact) mass is 525 g/mol. The molecule has 0 spiro atoms. The highest BCUT2D eigenvalue weighted by atomic mass is 19.2. The maximum absolute atomic E-state index is 13.9. The van der Waals surface area contributed by atoms with Crippen LogP contribution >= 0.6 is 0 Å². The first-order chi connectivity index (χ1) is 19.0. The summed E-state index contributed by atoms with van der Waals surface area (Å²) in [4.78, 5) is 35.7. The van der Waals surface area contributed by atoms with Gasteiger partial charge in [0.2, 0.25) is 5.91 Å². The van der Waals surface area contributed by atoms with Gasteiger partial charge in [0.1, 0.15) is 12.1 Å². The number of nitrogens with one attached hydrogen (secondary N) is 1. The van der Waals surface area contributed by atoms with E-state index in [0.717, 1.165) is 41.2 Å². The molecule has 0 unspecified atom stereocenters. The van der Waals surface area contributed by atoms with Gasteiger partial charge in [0.15, 0.2) is 11.6 Å². The summed E-state index contributed by atoms with van der Waals surface area (Å²) in [5.41, 5.74) is 3.92. The minimum Gasteiger partial charge on any atom is -0.339 e. The Morgan fingerprint density at radius 2 is 1.72 bits per heavy atom. The number of benzene rings is 3. The summed E-state index contributed by atoms with van der Waals surface area (Å²) in [5.74, 6) is -1.98. The van der Waals surface area contributed by atoms with Crippen molar-refractivity contribution in [1.82, 2.24) is 19.4 Å². The smallest absolute Gasteiger partial charge is 0.255 e. The highest BCUT2D eigenvalue weighted by Crippen LogP contribution is 2.30. The number of piperidine rings is 1. The molecule has 1 aliphatic heterocycles. The van der Waals surface area contributed by atoms with Gasteiger partial charge in [-0.3, -0.25) is 14.6 Å². The number of pyridine rings is 1. The molecule has 196 valence electrons. The Labute approximate surface area is 223 Å². The molecule has 0 aliphatic carbocycles. The summed E-state index contributed by atoms with van der Waals surface area (Å²) in [5, 5.41) is 3.33. The molecule has 1 N–H and O–H groups in total. The molecule has 9 heteroatoms. The Morgan fingerprint density at radius 1 is 0.949 bits per heavy atom. The van der Waals surface area contributed by atoms with Crippen molar-refractivity contribution >= 4 is 39.4 Å². The molecule has 1 aliphatic rings. The maximum atomic E-state index is 13.9. The lowest BCUT2D eigenvalue weighted by Crippen LogP contribution is -2.38. The van der Waals surface area contributed by atoms with E-state index < -0.39 is 11.6 Å². The van der Waals surface area contributed by atoms with E-state index in [1.54, 1.807) is 17.3 Å². The van der Waals surface area contributed by atoms with Crippen LogP contribution in [-0.4, -0.2) is 44.3 Å². The zero-order chi connectivity index (χ0) is 26.9. The van der Waals surface area contributed by atoms with E-state index in [9.17, 15) is 18.4 Å². The van der Waals surface area contributed by atoms with Gasteiger partial charge in [-0.15, -0.1) is 0 Å². The minimum atomic E-state index is -1.01. The molecule has 2 aromatic heterocycles. The maximum Gasteiger partial charge on any atom is 0.255 e. The number of imidazole rings is 1. The van der Waals surface area contributed by atoms with Crippen molar-refractivity contribution in [1.29, 1.82) is 0 Å². The normalized spacial score (nSPS) is 14.2. The highest BCUT2D eigenvalue weighted by molar-refractivity contribution is 5.97. The summed E-state index contributed by atoms with van der Waals surface area (Å²) < 4.78 is 29.2. The number of carbonyl (C=O) groups is 2. The Hall–Kier alpha value is -4.66. The van der Waals surface area contributed by atoms with Crippen LogP contribution in [0.15, 0.2) is 79.3 Å². The topological polar surface area (TPSA) is 80.1 Å². The molecule has 3 aromatic carbocycles. The minimum absolute atomic E-state index is 0.0832. The molecule has 2 amide bonds. The van der Waals surface area contributed by atoms with Crippen molar-refractivity contribution < 1.29 is 18.4 Å². The van der Waals surface area contributed by atoms with Crippen LogP contribution in [0.3, 0.4) is 0 Å². The molecule has 0 atom stereocenters. The Bertz CT molecular complexity index is 1690. The fourth-order valence-corrected chi connectivity index (χ4v) is 5.19. The van der Waals surface area contributed by atoms with Gasteiger partial charge >= 0.3 is 0 Å². The van der Waals surface area contributed by atoms with Crippen molar-refractivity contribution in [2.24, 2.45) is 0 Å². The van der Waals surface area contributed by atoms with Gasteiger partial charge in [0.05, 0.1) is 22.9 Å². The third kappa shape index (κ3) is 4.95. The number of hydrogen-bond donors (Lipinski definition) is 1. The molecule has 6 rings (SSSR count). The first-order valence-corrected chi connectivity index (χ1v) is 12.8. The van der Waals surface area contributed by atoms with Crippen LogP contribution in [0, 0.1) is 11.6 Å². The lowest BCUT2D eigenvalue weighted by molar-refractivity contribution is -0.116. The Morgan fingerprint density at radius 3 is 2.51 bits per heavy atom. The Balaban J connectivity index is 1.05. The van der Waals surface area contributed by atoms with Crippen molar-refractivity contribution in [2.45, 2.75) is 25.3 Å². The quantitative estimate of drug-likeness (QED) is 0.328. The molecular formula is C30H25F2N5O2. The number of rotatable bonds is 5. The van der Waals surface area contributed by atoms with Crippen molar-refractivity contribution in [2.75, 3.05) is 18.4 Å². The van der Waals surface area contributed by atoms with E-state index in [1.807, 2.05) is 53.1 Å². The van der Waals surface area contributed by atoms with E-state index in [2.05, 4.69) is 15.3 Å². The molecule has 0 radical (unpaired) electrons. The zero-order valence-electron chi connectivity index (χ0n) is 21.0. The molecular weight excluding hydrogens is 500 g/mol. The van der Waals surface area contributed by atoms with Gasteiger partial charge in [0.25, 0.3) is 5.91 Å². The number of para-hydroxylation sites is 2. The predicted molar refractivity (Wildman–Crippen MR) is 144 cm³/mol. The molecule has 5 aromatic rings. The number of aromatic nitrogens is 3. The number of hydrogen-bond acceptors (Lipinski definition) is 4. The van der Waals surface area contributed by atoms with E-state index in [4.69, 9.17) is 0 Å². The van der Waals surface area contributed by atoms with Crippen molar-refractivity contribution in [3.63, 3.8) is 0 Å². The summed E-state index contributed by atoms with van der Waals surface area (Å²) >= 11 is 0. The van der Waals surface area contributed by atoms with Crippen LogP contribution in [0.2, 0.25) is 0 Å². The number of nitrogens with zero attached hydrogens (tertiary/aromatic N) is 4. The second-order valence-electron chi connectivity index (χ2n) is 9.75. The molecule has 1 saturated heterocycles. The summed E-state index contributed by atoms with van der Waals surface area (Å²) in [7, 11) is 0. The number of anilines is 1. The first-order valence-electron chi connectivity index (χ1n) is 12.8. The van der Waals surface area contributed by atoms with E-state index in [0.29, 0.717) is 30.0 Å². The fraction of sp³-hybridized carbons (Fsp3) is 0.200. The van der Waals surface area contributed by atoms with E-state index in [1.165, 1.54) is 12.3 Å². The van der Waals surface area contributed by atoms with E-state index in [-0.39, 0.29) is 23.9 Å². The lowest BCUT2D eigenvalue weighted by atomic mass is 9.89. The number of fused-ring (bicyclic) bond motifs is 2. The number of carbonyl (C=O) groups excluding carboxylic acids is 2. The largest absolute Gasteiger partial charge is 0.339 e. The SMILES string of the molecule is O=C(Cn1cnc2ccccc21)Nc1ccc(C2CCN(C(=O)c3cnc4c(F)c(F)ccc4c3)CC2)cc1. The summed E-state index contributed by atoms with van der Waals surface area (Å²) in [6, 6.07) is 19.5. The predicted octanol–water partition coefficient (Wildman–Crippen LogP) is 5.52. The molecule has 39 heavy (non-hydrogen) atoms. The second-order valence-corrected chi connectivity index (χ2v) is 9.75. The standard InChI is InChI=1S/C30H25F2N5O2/c31-24-10-7-21-15-22(16-33-29(21)28(24)32)30(39)36-13-11-20(12-14-36)19-5-8-23(9-6-19)35-27(38)17-37-18-34-25-3-1-2-4-26(25)37/h1-10,15-16,18,20H,11-14,17H2,(H,35,38). The van der Waals surface area contributed by atoms with Crippen LogP contribution in [0.1, 0.15) is 34.7 Å².